The first-order valence-electron chi connectivity index (χ1n) is 11.4. The van der Waals surface area contributed by atoms with Crippen molar-refractivity contribution in [3.05, 3.63) is 58.7 Å². The Hall–Kier alpha value is -2.80. The molecular formula is C25H31FN4O2. The average molecular weight is 439 g/mol. The molecular weight excluding hydrogens is 407 g/mol. The third kappa shape index (κ3) is 4.83. The minimum atomic E-state index is -0.380. The van der Waals surface area contributed by atoms with Crippen LogP contribution in [0.5, 0.6) is 0 Å². The first kappa shape index (κ1) is 22.4. The zero-order chi connectivity index (χ0) is 22.8. The van der Waals surface area contributed by atoms with Crippen LogP contribution in [0.2, 0.25) is 0 Å². The van der Waals surface area contributed by atoms with Crippen molar-refractivity contribution in [3.8, 4) is 0 Å². The van der Waals surface area contributed by atoms with E-state index in [0.29, 0.717) is 30.2 Å². The molecule has 32 heavy (non-hydrogen) atoms. The molecule has 2 aliphatic rings. The van der Waals surface area contributed by atoms with E-state index < -0.39 is 0 Å². The molecule has 1 aromatic heterocycles. The Morgan fingerprint density at radius 1 is 1.19 bits per heavy atom. The average Bonchev–Trinajstić information content (AvgIpc) is 2.70. The van der Waals surface area contributed by atoms with Crippen molar-refractivity contribution in [3.63, 3.8) is 0 Å². The van der Waals surface area contributed by atoms with Gasteiger partial charge in [0, 0.05) is 55.7 Å². The molecule has 7 heteroatoms. The normalized spacial score (nSPS) is 19.5. The van der Waals surface area contributed by atoms with Crippen LogP contribution in [-0.4, -0.2) is 52.3 Å². The van der Waals surface area contributed by atoms with Gasteiger partial charge in [0.1, 0.15) is 5.82 Å². The van der Waals surface area contributed by atoms with Crippen LogP contribution in [0.1, 0.15) is 53.4 Å². The predicted molar refractivity (Wildman–Crippen MR) is 122 cm³/mol. The first-order valence-corrected chi connectivity index (χ1v) is 11.4. The summed E-state index contributed by atoms with van der Waals surface area (Å²) in [6.45, 7) is 8.64. The highest BCUT2D eigenvalue weighted by Crippen LogP contribution is 2.30. The summed E-state index contributed by atoms with van der Waals surface area (Å²) in [7, 11) is 0. The van der Waals surface area contributed by atoms with Crippen LogP contribution >= 0.6 is 0 Å². The Labute approximate surface area is 188 Å². The van der Waals surface area contributed by atoms with E-state index >= 15 is 0 Å². The quantitative estimate of drug-likeness (QED) is 0.768. The molecule has 0 spiro atoms. The van der Waals surface area contributed by atoms with Gasteiger partial charge < -0.3 is 10.2 Å². The van der Waals surface area contributed by atoms with Gasteiger partial charge in [0.05, 0.1) is 5.56 Å². The molecule has 1 atom stereocenters. The van der Waals surface area contributed by atoms with Crippen molar-refractivity contribution < 1.29 is 14.0 Å². The van der Waals surface area contributed by atoms with Crippen LogP contribution < -0.4 is 5.32 Å². The molecule has 0 unspecified atom stereocenters. The van der Waals surface area contributed by atoms with Crippen LogP contribution in [-0.2, 0) is 11.3 Å². The fourth-order valence-electron chi connectivity index (χ4n) is 4.46. The number of carbonyl (C=O) groups is 2. The predicted octanol–water partition coefficient (Wildman–Crippen LogP) is 3.92. The summed E-state index contributed by atoms with van der Waals surface area (Å²) in [5.74, 6) is -0.186. The SMILES string of the molecule is Cc1ccc(C(=O)Nc2cc(F)cc(CN3CCN(C(=O)C4CCC4)[C@@H](C)C3)c2C)cn1. The number of anilines is 1. The monoisotopic (exact) mass is 438 g/mol. The number of hydrogen-bond acceptors (Lipinski definition) is 4. The molecule has 0 bridgehead atoms. The molecule has 1 saturated carbocycles. The second kappa shape index (κ2) is 9.36. The number of benzene rings is 1. The summed E-state index contributed by atoms with van der Waals surface area (Å²) in [6, 6.07) is 6.51. The first-order chi connectivity index (χ1) is 15.3. The number of nitrogens with zero attached hydrogens (tertiary/aromatic N) is 3. The topological polar surface area (TPSA) is 65.5 Å². The molecule has 1 aliphatic carbocycles. The molecule has 2 aromatic rings. The van der Waals surface area contributed by atoms with Gasteiger partial charge in [-0.2, -0.15) is 0 Å². The number of rotatable bonds is 5. The maximum absolute atomic E-state index is 14.4. The number of nitrogens with one attached hydrogen (secondary N) is 1. The van der Waals surface area contributed by atoms with Gasteiger partial charge in [0.15, 0.2) is 0 Å². The van der Waals surface area contributed by atoms with Crippen molar-refractivity contribution in [2.75, 3.05) is 25.0 Å². The Morgan fingerprint density at radius 3 is 2.59 bits per heavy atom. The van der Waals surface area contributed by atoms with Crippen LogP contribution in [0.25, 0.3) is 0 Å². The lowest BCUT2D eigenvalue weighted by Gasteiger charge is -2.42. The van der Waals surface area contributed by atoms with Crippen LogP contribution in [0.15, 0.2) is 30.5 Å². The van der Waals surface area contributed by atoms with Gasteiger partial charge >= 0.3 is 0 Å². The fraction of sp³-hybridized carbons (Fsp3) is 0.480. The van der Waals surface area contributed by atoms with Gasteiger partial charge in [-0.25, -0.2) is 4.39 Å². The minimum absolute atomic E-state index is 0.138. The third-order valence-electron chi connectivity index (χ3n) is 6.74. The lowest BCUT2D eigenvalue weighted by atomic mass is 9.84. The molecule has 1 saturated heterocycles. The maximum atomic E-state index is 14.4. The minimum Gasteiger partial charge on any atom is -0.337 e. The number of amides is 2. The van der Waals surface area contributed by atoms with E-state index in [2.05, 4.69) is 22.1 Å². The highest BCUT2D eigenvalue weighted by atomic mass is 19.1. The lowest BCUT2D eigenvalue weighted by Crippen LogP contribution is -2.55. The largest absolute Gasteiger partial charge is 0.337 e. The number of pyridine rings is 1. The molecule has 170 valence electrons. The van der Waals surface area contributed by atoms with Crippen molar-refractivity contribution in [2.24, 2.45) is 5.92 Å². The summed E-state index contributed by atoms with van der Waals surface area (Å²) < 4.78 is 14.4. The smallest absolute Gasteiger partial charge is 0.257 e. The van der Waals surface area contributed by atoms with Gasteiger partial charge in [0.25, 0.3) is 5.91 Å². The number of aromatic nitrogens is 1. The van der Waals surface area contributed by atoms with Gasteiger partial charge in [-0.05, 0) is 69.0 Å². The molecule has 1 aromatic carbocycles. The van der Waals surface area contributed by atoms with Gasteiger partial charge in [-0.1, -0.05) is 6.42 Å². The molecule has 1 N–H and O–H groups in total. The fourth-order valence-corrected chi connectivity index (χ4v) is 4.46. The Kier molecular flexibility index (Phi) is 6.55. The van der Waals surface area contributed by atoms with Gasteiger partial charge in [0.2, 0.25) is 5.91 Å². The molecule has 2 amide bonds. The highest BCUT2D eigenvalue weighted by molar-refractivity contribution is 6.04. The summed E-state index contributed by atoms with van der Waals surface area (Å²) in [5.41, 5.74) is 3.42. The van der Waals surface area contributed by atoms with E-state index in [4.69, 9.17) is 0 Å². The van der Waals surface area contributed by atoms with Crippen molar-refractivity contribution in [1.29, 1.82) is 0 Å². The number of hydrogen-bond donors (Lipinski definition) is 1. The summed E-state index contributed by atoms with van der Waals surface area (Å²) in [4.78, 5) is 33.7. The zero-order valence-corrected chi connectivity index (χ0v) is 19.0. The van der Waals surface area contributed by atoms with Crippen molar-refractivity contribution >= 4 is 17.5 Å². The molecule has 2 heterocycles. The molecule has 0 radical (unpaired) electrons. The molecule has 4 rings (SSSR count). The van der Waals surface area contributed by atoms with E-state index in [9.17, 15) is 14.0 Å². The van der Waals surface area contributed by atoms with E-state index in [1.165, 1.54) is 18.3 Å². The summed E-state index contributed by atoms with van der Waals surface area (Å²) >= 11 is 0. The Morgan fingerprint density at radius 2 is 1.97 bits per heavy atom. The number of aryl methyl sites for hydroxylation is 1. The number of carbonyl (C=O) groups excluding carboxylic acids is 2. The van der Waals surface area contributed by atoms with E-state index in [1.54, 1.807) is 12.1 Å². The second-order valence-corrected chi connectivity index (χ2v) is 9.12. The van der Waals surface area contributed by atoms with Crippen LogP contribution in [0.4, 0.5) is 10.1 Å². The standard InChI is InChI=1S/C25H31FN4O2/c1-16-7-8-20(13-27-16)24(31)28-23-12-22(26)11-21(18(23)3)15-29-9-10-30(17(2)14-29)25(32)19-5-4-6-19/h7-8,11-13,17,19H,4-6,9-10,14-15H2,1-3H3,(H,28,31)/t17-/m0/s1. The molecule has 6 nitrogen and oxygen atoms in total. The maximum Gasteiger partial charge on any atom is 0.257 e. The van der Waals surface area contributed by atoms with Gasteiger partial charge in [-0.3, -0.25) is 19.5 Å². The highest BCUT2D eigenvalue weighted by Gasteiger charge is 2.34. The van der Waals surface area contributed by atoms with E-state index in [-0.39, 0.29) is 23.7 Å². The van der Waals surface area contributed by atoms with Crippen molar-refractivity contribution in [2.45, 2.75) is 52.6 Å². The lowest BCUT2D eigenvalue weighted by molar-refractivity contribution is -0.142. The van der Waals surface area contributed by atoms with Crippen molar-refractivity contribution in [1.82, 2.24) is 14.8 Å². The Balaban J connectivity index is 1.43. The van der Waals surface area contributed by atoms with E-state index in [1.807, 2.05) is 18.7 Å². The molecule has 1 aliphatic heterocycles. The third-order valence-corrected chi connectivity index (χ3v) is 6.74. The number of halogens is 1. The van der Waals surface area contributed by atoms with Gasteiger partial charge in [-0.15, -0.1) is 0 Å². The zero-order valence-electron chi connectivity index (χ0n) is 19.0. The number of piperazine rings is 1. The van der Waals surface area contributed by atoms with E-state index in [0.717, 1.165) is 49.2 Å². The summed E-state index contributed by atoms with van der Waals surface area (Å²) in [5, 5.41) is 2.83. The summed E-state index contributed by atoms with van der Waals surface area (Å²) in [6.07, 6.45) is 4.71. The Bertz CT molecular complexity index is 1000. The van der Waals surface area contributed by atoms with Crippen LogP contribution in [0, 0.1) is 25.6 Å². The van der Waals surface area contributed by atoms with Crippen LogP contribution in [0.3, 0.4) is 0 Å². The molecule has 2 fully saturated rings. The second-order valence-electron chi connectivity index (χ2n) is 9.12.